The molecule has 2 rings (SSSR count). The van der Waals surface area contributed by atoms with Crippen molar-refractivity contribution in [3.63, 3.8) is 0 Å². The second-order valence-electron chi connectivity index (χ2n) is 6.21. The summed E-state index contributed by atoms with van der Waals surface area (Å²) in [5.74, 6) is -0.789. The van der Waals surface area contributed by atoms with Gasteiger partial charge in [-0.15, -0.1) is 0 Å². The van der Waals surface area contributed by atoms with Crippen LogP contribution in [0.1, 0.15) is 18.4 Å². The van der Waals surface area contributed by atoms with E-state index in [0.717, 1.165) is 12.0 Å². The summed E-state index contributed by atoms with van der Waals surface area (Å²) in [6.07, 6.45) is 1.22. The molecule has 1 fully saturated rings. The van der Waals surface area contributed by atoms with Gasteiger partial charge in [-0.1, -0.05) is 30.3 Å². The SMILES string of the molecule is COC(O)C(Cc1ccccc1)NC(=O)CNC(=O)C1CCCN1C=O. The summed E-state index contributed by atoms with van der Waals surface area (Å²) >= 11 is 0. The van der Waals surface area contributed by atoms with Gasteiger partial charge < -0.3 is 25.4 Å². The van der Waals surface area contributed by atoms with Gasteiger partial charge in [0.1, 0.15) is 6.04 Å². The minimum Gasteiger partial charge on any atom is -0.366 e. The van der Waals surface area contributed by atoms with E-state index >= 15 is 0 Å². The van der Waals surface area contributed by atoms with Crippen LogP contribution in [0.25, 0.3) is 0 Å². The molecule has 26 heavy (non-hydrogen) atoms. The molecular weight excluding hydrogens is 338 g/mol. The zero-order valence-electron chi connectivity index (χ0n) is 14.8. The predicted molar refractivity (Wildman–Crippen MR) is 93.9 cm³/mol. The molecule has 0 aliphatic carbocycles. The van der Waals surface area contributed by atoms with E-state index < -0.39 is 24.3 Å². The zero-order valence-corrected chi connectivity index (χ0v) is 14.8. The Morgan fingerprint density at radius 3 is 2.77 bits per heavy atom. The normalized spacial score (nSPS) is 18.8. The first-order valence-electron chi connectivity index (χ1n) is 8.58. The first-order valence-corrected chi connectivity index (χ1v) is 8.58. The highest BCUT2D eigenvalue weighted by molar-refractivity contribution is 5.88. The van der Waals surface area contributed by atoms with Crippen LogP contribution in [-0.4, -0.2) is 66.8 Å². The minimum atomic E-state index is -1.17. The van der Waals surface area contributed by atoms with Crippen LogP contribution in [0.2, 0.25) is 0 Å². The monoisotopic (exact) mass is 363 g/mol. The Labute approximate surface area is 152 Å². The maximum Gasteiger partial charge on any atom is 0.243 e. The van der Waals surface area contributed by atoms with E-state index in [4.69, 9.17) is 4.74 Å². The molecule has 8 heteroatoms. The molecule has 1 aromatic rings. The van der Waals surface area contributed by atoms with E-state index in [1.54, 1.807) is 0 Å². The van der Waals surface area contributed by atoms with Crippen LogP contribution in [0.3, 0.4) is 0 Å². The van der Waals surface area contributed by atoms with Crippen LogP contribution in [-0.2, 0) is 25.5 Å². The number of methoxy groups -OCH3 is 1. The molecule has 3 atom stereocenters. The number of carbonyl (C=O) groups is 3. The number of hydrogen-bond donors (Lipinski definition) is 3. The third-order valence-electron chi connectivity index (χ3n) is 4.39. The first-order chi connectivity index (χ1) is 12.5. The highest BCUT2D eigenvalue weighted by Gasteiger charge is 2.30. The lowest BCUT2D eigenvalue weighted by Crippen LogP contribution is -2.50. The van der Waals surface area contributed by atoms with Crippen LogP contribution in [0.15, 0.2) is 30.3 Å². The topological polar surface area (TPSA) is 108 Å². The molecule has 1 heterocycles. The van der Waals surface area contributed by atoms with Crippen LogP contribution >= 0.6 is 0 Å². The van der Waals surface area contributed by atoms with E-state index in [1.807, 2.05) is 30.3 Å². The molecular formula is C18H25N3O5. The molecule has 3 amide bonds. The number of benzene rings is 1. The van der Waals surface area contributed by atoms with E-state index in [2.05, 4.69) is 10.6 Å². The number of ether oxygens (including phenoxy) is 1. The Balaban J connectivity index is 1.86. The smallest absolute Gasteiger partial charge is 0.243 e. The number of aliphatic hydroxyl groups excluding tert-OH is 1. The first kappa shape index (κ1) is 19.9. The van der Waals surface area contributed by atoms with Crippen molar-refractivity contribution in [3.05, 3.63) is 35.9 Å². The lowest BCUT2D eigenvalue weighted by Gasteiger charge is -2.24. The van der Waals surface area contributed by atoms with Crippen molar-refractivity contribution in [3.8, 4) is 0 Å². The summed E-state index contributed by atoms with van der Waals surface area (Å²) in [7, 11) is 1.35. The van der Waals surface area contributed by atoms with Crippen molar-refractivity contribution in [1.82, 2.24) is 15.5 Å². The Morgan fingerprint density at radius 1 is 1.38 bits per heavy atom. The maximum atomic E-state index is 12.2. The Morgan fingerprint density at radius 2 is 2.12 bits per heavy atom. The maximum absolute atomic E-state index is 12.2. The molecule has 1 aliphatic heterocycles. The third kappa shape index (κ3) is 5.53. The van der Waals surface area contributed by atoms with Crippen molar-refractivity contribution < 1.29 is 24.2 Å². The molecule has 1 aliphatic rings. The van der Waals surface area contributed by atoms with Crippen molar-refractivity contribution in [2.45, 2.75) is 37.6 Å². The number of nitrogens with zero attached hydrogens (tertiary/aromatic N) is 1. The van der Waals surface area contributed by atoms with Crippen molar-refractivity contribution in [1.29, 1.82) is 0 Å². The molecule has 142 valence electrons. The van der Waals surface area contributed by atoms with E-state index in [0.29, 0.717) is 25.8 Å². The van der Waals surface area contributed by atoms with Crippen molar-refractivity contribution >= 4 is 18.2 Å². The number of hydrogen-bond acceptors (Lipinski definition) is 5. The molecule has 8 nitrogen and oxygen atoms in total. The summed E-state index contributed by atoms with van der Waals surface area (Å²) in [5.41, 5.74) is 0.936. The van der Waals surface area contributed by atoms with E-state index in [1.165, 1.54) is 12.0 Å². The highest BCUT2D eigenvalue weighted by Crippen LogP contribution is 2.14. The third-order valence-corrected chi connectivity index (χ3v) is 4.39. The molecule has 0 radical (unpaired) electrons. The predicted octanol–water partition coefficient (Wildman–Crippen LogP) is -0.584. The fourth-order valence-corrected chi connectivity index (χ4v) is 3.00. The van der Waals surface area contributed by atoms with E-state index in [-0.39, 0.29) is 12.5 Å². The van der Waals surface area contributed by atoms with Gasteiger partial charge in [-0.2, -0.15) is 0 Å². The Hall–Kier alpha value is -2.45. The molecule has 0 saturated carbocycles. The van der Waals surface area contributed by atoms with Gasteiger partial charge in [0.25, 0.3) is 0 Å². The second-order valence-corrected chi connectivity index (χ2v) is 6.21. The average molecular weight is 363 g/mol. The average Bonchev–Trinajstić information content (AvgIpc) is 3.14. The van der Waals surface area contributed by atoms with Crippen molar-refractivity contribution in [2.24, 2.45) is 0 Å². The Bertz CT molecular complexity index is 610. The number of amides is 3. The highest BCUT2D eigenvalue weighted by atomic mass is 16.6. The fourth-order valence-electron chi connectivity index (χ4n) is 3.00. The molecule has 0 bridgehead atoms. The van der Waals surface area contributed by atoms with Crippen LogP contribution in [0.5, 0.6) is 0 Å². The van der Waals surface area contributed by atoms with Crippen LogP contribution in [0.4, 0.5) is 0 Å². The van der Waals surface area contributed by atoms with E-state index in [9.17, 15) is 19.5 Å². The fraction of sp³-hybridized carbons (Fsp3) is 0.500. The van der Waals surface area contributed by atoms with Crippen LogP contribution < -0.4 is 10.6 Å². The van der Waals surface area contributed by atoms with Gasteiger partial charge in [0.2, 0.25) is 18.2 Å². The Kier molecular flexibility index (Phi) is 7.55. The molecule has 0 spiro atoms. The second kappa shape index (κ2) is 9.88. The van der Waals surface area contributed by atoms with Gasteiger partial charge >= 0.3 is 0 Å². The molecule has 1 aromatic carbocycles. The van der Waals surface area contributed by atoms with Gasteiger partial charge in [-0.25, -0.2) is 0 Å². The minimum absolute atomic E-state index is 0.232. The quantitative estimate of drug-likeness (QED) is 0.402. The summed E-state index contributed by atoms with van der Waals surface area (Å²) < 4.78 is 4.93. The number of aliphatic hydroxyl groups is 1. The largest absolute Gasteiger partial charge is 0.366 e. The lowest BCUT2D eigenvalue weighted by atomic mass is 10.1. The van der Waals surface area contributed by atoms with Gasteiger partial charge in [-0.05, 0) is 24.8 Å². The lowest BCUT2D eigenvalue weighted by molar-refractivity contribution is -0.134. The number of likely N-dealkylation sites (tertiary alicyclic amines) is 1. The zero-order chi connectivity index (χ0) is 18.9. The summed E-state index contributed by atoms with van der Waals surface area (Å²) in [4.78, 5) is 36.6. The summed E-state index contributed by atoms with van der Waals surface area (Å²) in [6.45, 7) is 0.316. The number of carbonyl (C=O) groups excluding carboxylic acids is 3. The van der Waals surface area contributed by atoms with Gasteiger partial charge in [0.15, 0.2) is 6.29 Å². The summed E-state index contributed by atoms with van der Waals surface area (Å²) in [6, 6.07) is 8.22. The summed E-state index contributed by atoms with van der Waals surface area (Å²) in [5, 5.41) is 15.2. The number of rotatable bonds is 9. The molecule has 1 saturated heterocycles. The van der Waals surface area contributed by atoms with Gasteiger partial charge in [0.05, 0.1) is 12.6 Å². The number of nitrogens with one attached hydrogen (secondary N) is 2. The molecule has 3 unspecified atom stereocenters. The standard InChI is InChI=1S/C18H25N3O5/c1-26-18(25)14(10-13-6-3-2-4-7-13)20-16(23)11-19-17(24)15-8-5-9-21(15)12-22/h2-4,6-7,12,14-15,18,25H,5,8-11H2,1H3,(H,19,24)(H,20,23). The molecule has 0 aromatic heterocycles. The molecule has 3 N–H and O–H groups in total. The van der Waals surface area contributed by atoms with Crippen LogP contribution in [0, 0.1) is 0 Å². The van der Waals surface area contributed by atoms with Gasteiger partial charge in [0, 0.05) is 13.7 Å². The van der Waals surface area contributed by atoms with Gasteiger partial charge in [-0.3, -0.25) is 14.4 Å². The van der Waals surface area contributed by atoms with Crippen molar-refractivity contribution in [2.75, 3.05) is 20.2 Å².